The monoisotopic (exact) mass is 419 g/mol. The number of hydrogen-bond donors (Lipinski definition) is 2. The molecule has 9 heteroatoms. The van der Waals surface area contributed by atoms with Crippen LogP contribution < -0.4 is 15.5 Å². The molecule has 1 aromatic heterocycles. The zero-order valence-corrected chi connectivity index (χ0v) is 17.6. The van der Waals surface area contributed by atoms with Crippen molar-refractivity contribution >= 4 is 34.5 Å². The zero-order valence-electron chi connectivity index (χ0n) is 17.6. The Morgan fingerprint density at radius 2 is 1.74 bits per heavy atom. The molecule has 1 fully saturated rings. The Morgan fingerprint density at radius 3 is 2.45 bits per heavy atom. The van der Waals surface area contributed by atoms with E-state index in [1.807, 2.05) is 19.1 Å². The Bertz CT molecular complexity index is 1060. The Morgan fingerprint density at radius 1 is 1.00 bits per heavy atom. The lowest BCUT2D eigenvalue weighted by atomic mass is 10.2. The maximum Gasteiger partial charge on any atom is 0.271 e. The summed E-state index contributed by atoms with van der Waals surface area (Å²) in [5.41, 5.74) is 3.55. The number of likely N-dealkylation sites (N-methyl/N-ethyl adjacent to an activating group) is 1. The highest BCUT2D eigenvalue weighted by atomic mass is 16.6. The van der Waals surface area contributed by atoms with Gasteiger partial charge >= 0.3 is 0 Å². The summed E-state index contributed by atoms with van der Waals surface area (Å²) in [4.78, 5) is 24.2. The molecule has 160 valence electrons. The minimum Gasteiger partial charge on any atom is -0.369 e. The number of nitro groups is 1. The van der Waals surface area contributed by atoms with Crippen LogP contribution in [-0.2, 0) is 0 Å². The predicted molar refractivity (Wildman–Crippen MR) is 123 cm³/mol. The van der Waals surface area contributed by atoms with E-state index in [1.165, 1.54) is 17.8 Å². The molecule has 0 bridgehead atoms. The van der Waals surface area contributed by atoms with Crippen molar-refractivity contribution in [2.24, 2.45) is 0 Å². The smallest absolute Gasteiger partial charge is 0.271 e. The number of nitrogens with zero attached hydrogens (tertiary/aromatic N) is 5. The number of benzene rings is 2. The van der Waals surface area contributed by atoms with Crippen LogP contribution in [0.5, 0.6) is 0 Å². The van der Waals surface area contributed by atoms with E-state index in [1.54, 1.807) is 18.3 Å². The second kappa shape index (κ2) is 8.97. The van der Waals surface area contributed by atoms with E-state index < -0.39 is 4.92 Å². The van der Waals surface area contributed by atoms with Gasteiger partial charge in [0.25, 0.3) is 5.69 Å². The molecule has 1 saturated heterocycles. The first-order valence-corrected chi connectivity index (χ1v) is 10.1. The fraction of sp³-hybridized carbons (Fsp3) is 0.273. The van der Waals surface area contributed by atoms with Crippen molar-refractivity contribution in [3.63, 3.8) is 0 Å². The summed E-state index contributed by atoms with van der Waals surface area (Å²) >= 11 is 0. The lowest BCUT2D eigenvalue weighted by molar-refractivity contribution is -0.384. The first-order valence-electron chi connectivity index (χ1n) is 10.1. The van der Waals surface area contributed by atoms with Gasteiger partial charge < -0.3 is 20.4 Å². The summed E-state index contributed by atoms with van der Waals surface area (Å²) < 4.78 is 0. The summed E-state index contributed by atoms with van der Waals surface area (Å²) in [5.74, 6) is 1.04. The van der Waals surface area contributed by atoms with Crippen molar-refractivity contribution in [2.45, 2.75) is 6.92 Å². The van der Waals surface area contributed by atoms with Crippen LogP contribution in [0.1, 0.15) is 5.56 Å². The van der Waals surface area contributed by atoms with E-state index in [4.69, 9.17) is 0 Å². The fourth-order valence-corrected chi connectivity index (χ4v) is 3.41. The number of non-ortho nitro benzene ring substituents is 1. The highest BCUT2D eigenvalue weighted by Gasteiger charge is 2.14. The van der Waals surface area contributed by atoms with Crippen LogP contribution >= 0.6 is 0 Å². The van der Waals surface area contributed by atoms with Gasteiger partial charge in [0.15, 0.2) is 0 Å². The number of piperazine rings is 1. The molecule has 0 radical (unpaired) electrons. The molecule has 2 N–H and O–H groups in total. The van der Waals surface area contributed by atoms with Crippen molar-refractivity contribution in [2.75, 3.05) is 48.8 Å². The number of nitro benzene ring substituents is 1. The molecule has 1 aliphatic heterocycles. The molecule has 0 saturated carbocycles. The lowest BCUT2D eigenvalue weighted by Crippen LogP contribution is -2.44. The van der Waals surface area contributed by atoms with E-state index in [-0.39, 0.29) is 5.69 Å². The summed E-state index contributed by atoms with van der Waals surface area (Å²) in [5, 5.41) is 17.4. The topological polar surface area (TPSA) is 99.5 Å². The third kappa shape index (κ3) is 5.07. The first kappa shape index (κ1) is 20.5. The van der Waals surface area contributed by atoms with Gasteiger partial charge in [-0.2, -0.15) is 4.98 Å². The van der Waals surface area contributed by atoms with E-state index in [2.05, 4.69) is 49.6 Å². The normalized spacial score (nSPS) is 14.3. The van der Waals surface area contributed by atoms with Gasteiger partial charge in [-0.1, -0.05) is 6.07 Å². The summed E-state index contributed by atoms with van der Waals surface area (Å²) in [6.07, 6.45) is 1.72. The maximum atomic E-state index is 11.0. The van der Waals surface area contributed by atoms with Gasteiger partial charge in [-0.25, -0.2) is 4.98 Å². The standard InChI is InChI=1S/C22H25N7O2/c1-16-15-23-22(26-21(16)24-18-4-3-5-20(14-18)29(30)31)25-17-6-8-19(9-7-17)28-12-10-27(2)11-13-28/h3-9,14-15H,10-13H2,1-2H3,(H2,23,24,25,26). The first-order chi connectivity index (χ1) is 15.0. The predicted octanol–water partition coefficient (Wildman–Crippen LogP) is 3.93. The van der Waals surface area contributed by atoms with Crippen LogP contribution in [0, 0.1) is 17.0 Å². The molecule has 0 unspecified atom stereocenters. The Hall–Kier alpha value is -3.72. The Labute approximate surface area is 180 Å². The molecule has 2 heterocycles. The third-order valence-electron chi connectivity index (χ3n) is 5.28. The molecule has 0 aliphatic carbocycles. The van der Waals surface area contributed by atoms with Crippen LogP contribution in [0.4, 0.5) is 34.5 Å². The molecule has 4 rings (SSSR count). The molecule has 0 amide bonds. The number of aromatic nitrogens is 2. The molecule has 3 aromatic rings. The number of nitrogens with one attached hydrogen (secondary N) is 2. The van der Waals surface area contributed by atoms with Gasteiger partial charge in [0.2, 0.25) is 5.95 Å². The fourth-order valence-electron chi connectivity index (χ4n) is 3.41. The van der Waals surface area contributed by atoms with Gasteiger partial charge in [-0.3, -0.25) is 10.1 Å². The summed E-state index contributed by atoms with van der Waals surface area (Å²) in [6, 6.07) is 14.6. The van der Waals surface area contributed by atoms with Crippen molar-refractivity contribution in [3.8, 4) is 0 Å². The Balaban J connectivity index is 1.46. The second-order valence-corrected chi connectivity index (χ2v) is 7.62. The van der Waals surface area contributed by atoms with Gasteiger partial charge in [-0.05, 0) is 44.3 Å². The average Bonchev–Trinajstić information content (AvgIpc) is 2.77. The molecule has 2 aromatic carbocycles. The second-order valence-electron chi connectivity index (χ2n) is 7.62. The van der Waals surface area contributed by atoms with Gasteiger partial charge in [0.1, 0.15) is 5.82 Å². The number of aryl methyl sites for hydroxylation is 1. The van der Waals surface area contributed by atoms with Crippen molar-refractivity contribution in [1.29, 1.82) is 0 Å². The van der Waals surface area contributed by atoms with Crippen LogP contribution in [-0.4, -0.2) is 53.0 Å². The van der Waals surface area contributed by atoms with Crippen LogP contribution in [0.15, 0.2) is 54.7 Å². The molecule has 31 heavy (non-hydrogen) atoms. The van der Waals surface area contributed by atoms with Crippen LogP contribution in [0.2, 0.25) is 0 Å². The quantitative estimate of drug-likeness (QED) is 0.458. The van der Waals surface area contributed by atoms with Gasteiger partial charge in [0, 0.05) is 67.1 Å². The molecule has 1 aliphatic rings. The summed E-state index contributed by atoms with van der Waals surface area (Å²) in [6.45, 7) is 6.07. The molecular formula is C22H25N7O2. The molecular weight excluding hydrogens is 394 g/mol. The SMILES string of the molecule is Cc1cnc(Nc2ccc(N3CCN(C)CC3)cc2)nc1Nc1cccc([N+](=O)[O-])c1. The van der Waals surface area contributed by atoms with Crippen molar-refractivity contribution < 1.29 is 4.92 Å². The van der Waals surface area contributed by atoms with Crippen LogP contribution in [0.25, 0.3) is 0 Å². The zero-order chi connectivity index (χ0) is 21.8. The third-order valence-corrected chi connectivity index (χ3v) is 5.28. The van der Waals surface area contributed by atoms with E-state index in [0.717, 1.165) is 37.4 Å². The number of anilines is 5. The summed E-state index contributed by atoms with van der Waals surface area (Å²) in [7, 11) is 2.15. The minimum absolute atomic E-state index is 0.0236. The van der Waals surface area contributed by atoms with E-state index in [9.17, 15) is 10.1 Å². The van der Waals surface area contributed by atoms with Gasteiger partial charge in [-0.15, -0.1) is 0 Å². The lowest BCUT2D eigenvalue weighted by Gasteiger charge is -2.34. The minimum atomic E-state index is -0.420. The highest BCUT2D eigenvalue weighted by Crippen LogP contribution is 2.25. The van der Waals surface area contributed by atoms with Crippen molar-refractivity contribution in [1.82, 2.24) is 14.9 Å². The molecule has 0 atom stereocenters. The number of hydrogen-bond acceptors (Lipinski definition) is 8. The van der Waals surface area contributed by atoms with Crippen LogP contribution in [0.3, 0.4) is 0 Å². The largest absolute Gasteiger partial charge is 0.369 e. The van der Waals surface area contributed by atoms with Gasteiger partial charge in [0.05, 0.1) is 4.92 Å². The highest BCUT2D eigenvalue weighted by molar-refractivity contribution is 5.64. The average molecular weight is 419 g/mol. The van der Waals surface area contributed by atoms with E-state index in [0.29, 0.717) is 17.5 Å². The van der Waals surface area contributed by atoms with E-state index >= 15 is 0 Å². The number of rotatable bonds is 6. The molecule has 9 nitrogen and oxygen atoms in total. The molecule has 0 spiro atoms. The Kier molecular flexibility index (Phi) is 5.94. The van der Waals surface area contributed by atoms with Crippen molar-refractivity contribution in [3.05, 3.63) is 70.4 Å². The maximum absolute atomic E-state index is 11.0.